The molecule has 0 spiro atoms. The first-order valence-electron chi connectivity index (χ1n) is 7.41. The van der Waals surface area contributed by atoms with E-state index in [-0.39, 0.29) is 6.04 Å². The Kier molecular flexibility index (Phi) is 8.50. The smallest absolute Gasteiger partial charge is 0.251 e. The number of hydrogen-bond donors (Lipinski definition) is 3. The topological polar surface area (TPSA) is 69.6 Å². The van der Waals surface area contributed by atoms with Crippen LogP contribution in [0.25, 0.3) is 0 Å². The van der Waals surface area contributed by atoms with Crippen LogP contribution in [-0.2, 0) is 4.79 Å². The van der Waals surface area contributed by atoms with E-state index in [9.17, 15) is 15.0 Å². The zero-order valence-electron chi connectivity index (χ0n) is 11.8. The van der Waals surface area contributed by atoms with E-state index >= 15 is 0 Å². The number of carbonyl (C=O) groups excluding carboxylic acids is 1. The molecule has 112 valence electrons. The minimum atomic E-state index is -1.25. The maximum Gasteiger partial charge on any atom is 0.251 e. The largest absolute Gasteiger partial charge is 0.388 e. The van der Waals surface area contributed by atoms with Crippen molar-refractivity contribution in [2.24, 2.45) is 0 Å². The minimum Gasteiger partial charge on any atom is -0.388 e. The standard InChI is InChI=1S/C14H27NO3S/c1-2-3-4-5-6-7-8-9-19-10-11-12(16)13(17)14(18)15-11/h11-13,16-17H,2-10H2,1H3,(H,15,18). The van der Waals surface area contributed by atoms with E-state index in [0.29, 0.717) is 5.75 Å². The fourth-order valence-corrected chi connectivity index (χ4v) is 3.35. The van der Waals surface area contributed by atoms with E-state index in [1.165, 1.54) is 44.9 Å². The Bertz CT molecular complexity index is 263. The van der Waals surface area contributed by atoms with E-state index in [1.807, 2.05) is 0 Å². The number of nitrogens with one attached hydrogen (secondary N) is 1. The molecular weight excluding hydrogens is 262 g/mol. The summed E-state index contributed by atoms with van der Waals surface area (Å²) in [5, 5.41) is 21.5. The van der Waals surface area contributed by atoms with Crippen LogP contribution in [-0.4, -0.2) is 45.9 Å². The molecule has 1 rings (SSSR count). The van der Waals surface area contributed by atoms with Gasteiger partial charge >= 0.3 is 0 Å². The van der Waals surface area contributed by atoms with Crippen LogP contribution in [0.4, 0.5) is 0 Å². The molecule has 0 radical (unpaired) electrons. The highest BCUT2D eigenvalue weighted by Crippen LogP contribution is 2.16. The number of hydrogen-bond acceptors (Lipinski definition) is 4. The molecule has 1 amide bonds. The van der Waals surface area contributed by atoms with Crippen LogP contribution in [0.3, 0.4) is 0 Å². The SMILES string of the molecule is CCCCCCCCCSCC1NC(=O)C(O)C1O. The first-order chi connectivity index (χ1) is 9.16. The van der Waals surface area contributed by atoms with Crippen molar-refractivity contribution >= 4 is 17.7 Å². The Balaban J connectivity index is 1.93. The number of aliphatic hydroxyl groups excluding tert-OH is 2. The Labute approximate surface area is 120 Å². The van der Waals surface area contributed by atoms with Gasteiger partial charge in [0.25, 0.3) is 5.91 Å². The fourth-order valence-electron chi connectivity index (χ4n) is 2.24. The molecule has 19 heavy (non-hydrogen) atoms. The van der Waals surface area contributed by atoms with E-state index in [2.05, 4.69) is 12.2 Å². The summed E-state index contributed by atoms with van der Waals surface area (Å²) >= 11 is 1.74. The van der Waals surface area contributed by atoms with Crippen LogP contribution in [0.5, 0.6) is 0 Å². The van der Waals surface area contributed by atoms with Crippen LogP contribution >= 0.6 is 11.8 Å². The lowest BCUT2D eigenvalue weighted by Crippen LogP contribution is -2.35. The molecule has 0 bridgehead atoms. The number of unbranched alkanes of at least 4 members (excludes halogenated alkanes) is 6. The zero-order chi connectivity index (χ0) is 14.1. The van der Waals surface area contributed by atoms with Crippen LogP contribution in [0.15, 0.2) is 0 Å². The summed E-state index contributed by atoms with van der Waals surface area (Å²) in [4.78, 5) is 11.1. The first kappa shape index (κ1) is 16.8. The lowest BCUT2D eigenvalue weighted by molar-refractivity contribution is -0.128. The van der Waals surface area contributed by atoms with Gasteiger partial charge in [0, 0.05) is 5.75 Å². The molecule has 3 N–H and O–H groups in total. The van der Waals surface area contributed by atoms with Crippen molar-refractivity contribution in [2.75, 3.05) is 11.5 Å². The summed E-state index contributed by atoms with van der Waals surface area (Å²) in [6.07, 6.45) is 6.88. The van der Waals surface area contributed by atoms with Gasteiger partial charge in [-0.3, -0.25) is 4.79 Å². The number of thioether (sulfide) groups is 1. The van der Waals surface area contributed by atoms with Crippen LogP contribution < -0.4 is 5.32 Å². The summed E-state index contributed by atoms with van der Waals surface area (Å²) in [5.74, 6) is 1.29. The maximum atomic E-state index is 11.1. The third-order valence-corrected chi connectivity index (χ3v) is 4.69. The minimum absolute atomic E-state index is 0.294. The van der Waals surface area contributed by atoms with Gasteiger partial charge in [0.15, 0.2) is 6.10 Å². The van der Waals surface area contributed by atoms with E-state index < -0.39 is 18.1 Å². The molecule has 0 aromatic carbocycles. The molecule has 1 aliphatic heterocycles. The number of amides is 1. The summed E-state index contributed by atoms with van der Waals surface area (Å²) in [6, 6.07) is -0.294. The molecule has 0 saturated carbocycles. The van der Waals surface area contributed by atoms with E-state index in [4.69, 9.17) is 0 Å². The van der Waals surface area contributed by atoms with Gasteiger partial charge in [-0.2, -0.15) is 11.8 Å². The van der Waals surface area contributed by atoms with Crippen molar-refractivity contribution in [3.8, 4) is 0 Å². The second kappa shape index (κ2) is 9.61. The summed E-state index contributed by atoms with van der Waals surface area (Å²) in [5.41, 5.74) is 0. The van der Waals surface area contributed by atoms with Gasteiger partial charge in [-0.15, -0.1) is 0 Å². The monoisotopic (exact) mass is 289 g/mol. The van der Waals surface area contributed by atoms with Crippen molar-refractivity contribution in [1.29, 1.82) is 0 Å². The van der Waals surface area contributed by atoms with Crippen LogP contribution in [0.2, 0.25) is 0 Å². The van der Waals surface area contributed by atoms with E-state index in [0.717, 1.165) is 5.75 Å². The van der Waals surface area contributed by atoms with Crippen molar-refractivity contribution in [3.63, 3.8) is 0 Å². The summed E-state index contributed by atoms with van der Waals surface area (Å²) in [7, 11) is 0. The third-order valence-electron chi connectivity index (χ3n) is 3.52. The third kappa shape index (κ3) is 6.15. The predicted octanol–water partition coefficient (Wildman–Crippen LogP) is 1.69. The number of rotatable bonds is 10. The lowest BCUT2D eigenvalue weighted by atomic mass is 10.1. The molecule has 1 aliphatic rings. The molecule has 1 heterocycles. The Morgan fingerprint density at radius 3 is 2.32 bits per heavy atom. The zero-order valence-corrected chi connectivity index (χ0v) is 12.6. The summed E-state index contributed by atoms with van der Waals surface area (Å²) < 4.78 is 0. The van der Waals surface area contributed by atoms with Gasteiger partial charge in [-0.05, 0) is 12.2 Å². The summed E-state index contributed by atoms with van der Waals surface area (Å²) in [6.45, 7) is 2.23. The van der Waals surface area contributed by atoms with Crippen molar-refractivity contribution in [2.45, 2.75) is 70.1 Å². The Morgan fingerprint density at radius 2 is 1.74 bits per heavy atom. The number of aliphatic hydroxyl groups is 2. The van der Waals surface area contributed by atoms with Gasteiger partial charge in [-0.25, -0.2) is 0 Å². The van der Waals surface area contributed by atoms with Crippen molar-refractivity contribution in [1.82, 2.24) is 5.32 Å². The van der Waals surface area contributed by atoms with Crippen LogP contribution in [0, 0.1) is 0 Å². The predicted molar refractivity (Wildman–Crippen MR) is 79.3 cm³/mol. The number of carbonyl (C=O) groups is 1. The van der Waals surface area contributed by atoms with Gasteiger partial charge < -0.3 is 15.5 Å². The molecule has 3 atom stereocenters. The van der Waals surface area contributed by atoms with E-state index in [1.54, 1.807) is 11.8 Å². The molecule has 1 saturated heterocycles. The molecular formula is C14H27NO3S. The molecule has 3 unspecified atom stereocenters. The molecule has 0 aliphatic carbocycles. The molecule has 4 nitrogen and oxygen atoms in total. The fraction of sp³-hybridized carbons (Fsp3) is 0.929. The highest BCUT2D eigenvalue weighted by atomic mass is 32.2. The highest BCUT2D eigenvalue weighted by Gasteiger charge is 2.39. The van der Waals surface area contributed by atoms with Crippen LogP contribution in [0.1, 0.15) is 51.9 Å². The van der Waals surface area contributed by atoms with Gasteiger partial charge in [0.2, 0.25) is 0 Å². The molecule has 5 heteroatoms. The average molecular weight is 289 g/mol. The first-order valence-corrected chi connectivity index (χ1v) is 8.56. The average Bonchev–Trinajstić information content (AvgIpc) is 2.64. The second-order valence-corrected chi connectivity index (χ2v) is 6.40. The molecule has 0 aromatic rings. The van der Waals surface area contributed by atoms with Crippen molar-refractivity contribution in [3.05, 3.63) is 0 Å². The van der Waals surface area contributed by atoms with Gasteiger partial charge in [0.05, 0.1) is 6.04 Å². The lowest BCUT2D eigenvalue weighted by Gasteiger charge is -2.14. The Morgan fingerprint density at radius 1 is 1.11 bits per heavy atom. The molecule has 1 fully saturated rings. The quantitative estimate of drug-likeness (QED) is 0.535. The molecule has 0 aromatic heterocycles. The normalized spacial score (nSPS) is 26.7. The highest BCUT2D eigenvalue weighted by molar-refractivity contribution is 7.99. The maximum absolute atomic E-state index is 11.1. The Hall–Kier alpha value is -0.260. The second-order valence-electron chi connectivity index (χ2n) is 5.25. The van der Waals surface area contributed by atoms with Crippen molar-refractivity contribution < 1.29 is 15.0 Å². The van der Waals surface area contributed by atoms with Gasteiger partial charge in [0.1, 0.15) is 6.10 Å². The van der Waals surface area contributed by atoms with Gasteiger partial charge in [-0.1, -0.05) is 45.4 Å².